The molecule has 1 amide bonds. The minimum atomic E-state index is -0.0713. The predicted molar refractivity (Wildman–Crippen MR) is 88.7 cm³/mol. The number of carbonyl (C=O) groups excluding carboxylic acids is 1. The van der Waals surface area contributed by atoms with Gasteiger partial charge in [0.15, 0.2) is 6.73 Å². The van der Waals surface area contributed by atoms with Crippen molar-refractivity contribution < 1.29 is 9.53 Å². The molecule has 0 saturated carbocycles. The highest BCUT2D eigenvalue weighted by molar-refractivity contribution is 5.97. The first-order valence-electron chi connectivity index (χ1n) is 7.76. The number of fused-ring (bicyclic) bond motifs is 3. The normalized spacial score (nSPS) is 20.0. The molecule has 0 radical (unpaired) electrons. The van der Waals surface area contributed by atoms with Gasteiger partial charge in [-0.3, -0.25) is 4.79 Å². The van der Waals surface area contributed by atoms with Gasteiger partial charge in [0.05, 0.1) is 12.2 Å². The Morgan fingerprint density at radius 2 is 2.13 bits per heavy atom. The van der Waals surface area contributed by atoms with Crippen LogP contribution in [0.2, 0.25) is 0 Å². The lowest BCUT2D eigenvalue weighted by atomic mass is 9.91. The van der Waals surface area contributed by atoms with Crippen molar-refractivity contribution in [3.8, 4) is 0 Å². The molecule has 0 fully saturated rings. The fraction of sp³-hybridized carbons (Fsp3) is 0.278. The van der Waals surface area contributed by atoms with Crippen LogP contribution in [0.3, 0.4) is 0 Å². The smallest absolute Gasteiger partial charge is 0.246 e. The van der Waals surface area contributed by atoms with E-state index in [0.29, 0.717) is 13.3 Å². The lowest BCUT2D eigenvalue weighted by Crippen LogP contribution is -2.31. The van der Waals surface area contributed by atoms with Gasteiger partial charge >= 0.3 is 0 Å². The molecule has 4 rings (SSSR count). The van der Waals surface area contributed by atoms with Gasteiger partial charge < -0.3 is 19.9 Å². The Kier molecular flexibility index (Phi) is 3.15. The summed E-state index contributed by atoms with van der Waals surface area (Å²) in [5, 5.41) is 2.86. The quantitative estimate of drug-likeness (QED) is 0.858. The third-order valence-electron chi connectivity index (χ3n) is 4.47. The van der Waals surface area contributed by atoms with E-state index in [0.717, 1.165) is 41.2 Å². The summed E-state index contributed by atoms with van der Waals surface area (Å²) >= 11 is 0. The molecule has 0 bridgehead atoms. The SMILES string of the molecule is C=C1CNC(=O)C=C2c3cccc(C4=CN(C)CO4)c3CCN12. The van der Waals surface area contributed by atoms with E-state index in [1.807, 2.05) is 24.2 Å². The van der Waals surface area contributed by atoms with Gasteiger partial charge in [-0.05, 0) is 12.0 Å². The van der Waals surface area contributed by atoms with Gasteiger partial charge in [-0.2, -0.15) is 0 Å². The second-order valence-electron chi connectivity index (χ2n) is 6.07. The maximum absolute atomic E-state index is 12.0. The average Bonchev–Trinajstić information content (AvgIpc) is 2.92. The first-order valence-corrected chi connectivity index (χ1v) is 7.76. The van der Waals surface area contributed by atoms with Crippen LogP contribution >= 0.6 is 0 Å². The number of nitrogens with zero attached hydrogens (tertiary/aromatic N) is 2. The van der Waals surface area contributed by atoms with E-state index >= 15 is 0 Å². The molecule has 0 aliphatic carbocycles. The van der Waals surface area contributed by atoms with E-state index in [4.69, 9.17) is 4.74 Å². The molecule has 1 N–H and O–H groups in total. The molecule has 0 spiro atoms. The molecule has 118 valence electrons. The summed E-state index contributed by atoms with van der Waals surface area (Å²) in [6.45, 7) is 6.00. The Bertz CT molecular complexity index is 764. The lowest BCUT2D eigenvalue weighted by molar-refractivity contribution is -0.116. The van der Waals surface area contributed by atoms with Gasteiger partial charge in [0.2, 0.25) is 5.91 Å². The monoisotopic (exact) mass is 309 g/mol. The third-order valence-corrected chi connectivity index (χ3v) is 4.47. The fourth-order valence-corrected chi connectivity index (χ4v) is 3.35. The molecule has 5 heteroatoms. The zero-order valence-corrected chi connectivity index (χ0v) is 13.1. The minimum Gasteiger partial charge on any atom is -0.471 e. The van der Waals surface area contributed by atoms with Crippen molar-refractivity contribution in [2.24, 2.45) is 0 Å². The molecule has 1 aromatic carbocycles. The van der Waals surface area contributed by atoms with Crippen LogP contribution in [-0.4, -0.2) is 42.6 Å². The second kappa shape index (κ2) is 5.19. The molecule has 0 aromatic heterocycles. The number of benzene rings is 1. The fourth-order valence-electron chi connectivity index (χ4n) is 3.35. The molecule has 3 aliphatic rings. The van der Waals surface area contributed by atoms with Crippen LogP contribution in [0.4, 0.5) is 0 Å². The van der Waals surface area contributed by atoms with Crippen molar-refractivity contribution >= 4 is 17.4 Å². The van der Waals surface area contributed by atoms with Gasteiger partial charge in [-0.25, -0.2) is 0 Å². The van der Waals surface area contributed by atoms with Crippen molar-refractivity contribution in [1.29, 1.82) is 0 Å². The first kappa shape index (κ1) is 13.9. The lowest BCUT2D eigenvalue weighted by Gasteiger charge is -2.34. The Morgan fingerprint density at radius 1 is 1.30 bits per heavy atom. The van der Waals surface area contributed by atoms with E-state index in [1.54, 1.807) is 6.08 Å². The maximum atomic E-state index is 12.0. The molecule has 23 heavy (non-hydrogen) atoms. The number of hydrogen-bond donors (Lipinski definition) is 1. The molecule has 3 heterocycles. The predicted octanol–water partition coefficient (Wildman–Crippen LogP) is 1.75. The van der Waals surface area contributed by atoms with Crippen molar-refractivity contribution in [3.05, 3.63) is 59.4 Å². The van der Waals surface area contributed by atoms with Crippen LogP contribution in [0.25, 0.3) is 11.5 Å². The van der Waals surface area contributed by atoms with Gasteiger partial charge in [0.25, 0.3) is 0 Å². The highest BCUT2D eigenvalue weighted by atomic mass is 16.5. The number of nitrogens with one attached hydrogen (secondary N) is 1. The van der Waals surface area contributed by atoms with Crippen LogP contribution in [-0.2, 0) is 16.0 Å². The molecule has 5 nitrogen and oxygen atoms in total. The molecular weight excluding hydrogens is 290 g/mol. The summed E-state index contributed by atoms with van der Waals surface area (Å²) < 4.78 is 5.78. The Morgan fingerprint density at radius 3 is 2.91 bits per heavy atom. The third kappa shape index (κ3) is 2.29. The van der Waals surface area contributed by atoms with Gasteiger partial charge in [0.1, 0.15) is 5.76 Å². The first-order chi connectivity index (χ1) is 11.1. The highest BCUT2D eigenvalue weighted by Gasteiger charge is 2.28. The summed E-state index contributed by atoms with van der Waals surface area (Å²) in [5.74, 6) is 0.827. The standard InChI is InChI=1S/C18H19N3O2/c1-12-9-19-18(22)8-16-14-4-3-5-15(13(14)6-7-21(12)16)17-10-20(2)11-23-17/h3-5,8,10H,1,6-7,9,11H2,2H3,(H,19,22). The summed E-state index contributed by atoms with van der Waals surface area (Å²) in [4.78, 5) is 16.1. The summed E-state index contributed by atoms with van der Waals surface area (Å²) in [7, 11) is 1.99. The van der Waals surface area contributed by atoms with Gasteiger partial charge in [0, 0.05) is 42.7 Å². The van der Waals surface area contributed by atoms with Gasteiger partial charge in [-0.1, -0.05) is 24.8 Å². The Hall–Kier alpha value is -2.69. The van der Waals surface area contributed by atoms with Crippen LogP contribution in [0.5, 0.6) is 0 Å². The summed E-state index contributed by atoms with van der Waals surface area (Å²) in [6.07, 6.45) is 4.60. The van der Waals surface area contributed by atoms with E-state index in [9.17, 15) is 4.79 Å². The zero-order chi connectivity index (χ0) is 16.0. The average molecular weight is 309 g/mol. The van der Waals surface area contributed by atoms with Crippen molar-refractivity contribution in [2.75, 3.05) is 26.9 Å². The number of rotatable bonds is 1. The molecule has 3 aliphatic heterocycles. The van der Waals surface area contributed by atoms with Crippen molar-refractivity contribution in [1.82, 2.24) is 15.1 Å². The van der Waals surface area contributed by atoms with Crippen molar-refractivity contribution in [3.63, 3.8) is 0 Å². The summed E-state index contributed by atoms with van der Waals surface area (Å²) in [6, 6.07) is 6.18. The molecule has 0 saturated heterocycles. The number of hydrogen-bond acceptors (Lipinski definition) is 4. The Balaban J connectivity index is 1.84. The number of carbonyl (C=O) groups is 1. The van der Waals surface area contributed by atoms with Crippen LogP contribution in [0.15, 0.2) is 42.8 Å². The van der Waals surface area contributed by atoms with Crippen LogP contribution in [0, 0.1) is 0 Å². The highest BCUT2D eigenvalue weighted by Crippen LogP contribution is 2.36. The van der Waals surface area contributed by atoms with Crippen molar-refractivity contribution in [2.45, 2.75) is 6.42 Å². The molecular formula is C18H19N3O2. The molecule has 0 unspecified atom stereocenters. The van der Waals surface area contributed by atoms with E-state index in [-0.39, 0.29) is 5.91 Å². The zero-order valence-electron chi connectivity index (χ0n) is 13.1. The second-order valence-corrected chi connectivity index (χ2v) is 6.07. The summed E-state index contributed by atoms with van der Waals surface area (Å²) in [5.41, 5.74) is 5.29. The molecule has 1 aromatic rings. The van der Waals surface area contributed by atoms with E-state index < -0.39 is 0 Å². The topological polar surface area (TPSA) is 44.8 Å². The number of amides is 1. The molecule has 0 atom stereocenters. The minimum absolute atomic E-state index is 0.0713. The van der Waals surface area contributed by atoms with Gasteiger partial charge in [-0.15, -0.1) is 0 Å². The number of ether oxygens (including phenoxy) is 1. The van der Waals surface area contributed by atoms with Crippen LogP contribution < -0.4 is 5.32 Å². The largest absolute Gasteiger partial charge is 0.471 e. The maximum Gasteiger partial charge on any atom is 0.246 e. The van der Waals surface area contributed by atoms with E-state index in [1.165, 1.54) is 5.56 Å². The Labute approximate surface area is 135 Å². The van der Waals surface area contributed by atoms with E-state index in [2.05, 4.69) is 28.9 Å². The van der Waals surface area contributed by atoms with Crippen LogP contribution in [0.1, 0.15) is 16.7 Å².